The maximum Gasteiger partial charge on any atom is 0.407 e. The lowest BCUT2D eigenvalue weighted by Crippen LogP contribution is -2.41. The van der Waals surface area contributed by atoms with E-state index in [1.54, 1.807) is 36.7 Å². The number of nitrogens with zero attached hydrogens (tertiary/aromatic N) is 3. The molecule has 150 valence electrons. The van der Waals surface area contributed by atoms with Crippen LogP contribution in [0.1, 0.15) is 19.8 Å². The first-order valence-electron chi connectivity index (χ1n) is 9.01. The average Bonchev–Trinajstić information content (AvgIpc) is 2.68. The van der Waals surface area contributed by atoms with Gasteiger partial charge in [0.1, 0.15) is 6.10 Å². The van der Waals surface area contributed by atoms with Crippen molar-refractivity contribution in [3.8, 4) is 17.1 Å². The van der Waals surface area contributed by atoms with E-state index in [1.807, 2.05) is 6.92 Å². The molecule has 2 aromatic rings. The van der Waals surface area contributed by atoms with Crippen LogP contribution < -0.4 is 4.74 Å². The monoisotopic (exact) mass is 405 g/mol. The van der Waals surface area contributed by atoms with E-state index in [4.69, 9.17) is 9.84 Å². The van der Waals surface area contributed by atoms with E-state index < -0.39 is 15.9 Å². The van der Waals surface area contributed by atoms with Crippen molar-refractivity contribution in [2.24, 2.45) is 5.92 Å². The zero-order valence-electron chi connectivity index (χ0n) is 15.8. The van der Waals surface area contributed by atoms with Crippen molar-refractivity contribution in [1.82, 2.24) is 14.9 Å². The lowest BCUT2D eigenvalue weighted by molar-refractivity contribution is 0.0788. The minimum atomic E-state index is -3.23. The van der Waals surface area contributed by atoms with Gasteiger partial charge in [-0.05, 0) is 37.8 Å². The highest BCUT2D eigenvalue weighted by atomic mass is 32.2. The van der Waals surface area contributed by atoms with E-state index in [9.17, 15) is 13.2 Å². The second-order valence-electron chi connectivity index (χ2n) is 6.97. The molecule has 1 N–H and O–H groups in total. The van der Waals surface area contributed by atoms with Crippen molar-refractivity contribution in [2.75, 3.05) is 19.3 Å². The minimum Gasteiger partial charge on any atom is -0.473 e. The predicted octanol–water partition coefficient (Wildman–Crippen LogP) is 2.70. The SMILES string of the molecule is C[C@H](Oc1cnc(-c2ccc(S(C)(=O)=O)cc2)cn1)C1CCN(C(=O)O)CC1. The van der Waals surface area contributed by atoms with Crippen LogP contribution in [0.5, 0.6) is 5.88 Å². The molecule has 0 saturated carbocycles. The molecule has 1 aliphatic heterocycles. The highest BCUT2D eigenvalue weighted by molar-refractivity contribution is 7.90. The van der Waals surface area contributed by atoms with Gasteiger partial charge < -0.3 is 14.7 Å². The van der Waals surface area contributed by atoms with E-state index in [-0.39, 0.29) is 16.9 Å². The van der Waals surface area contributed by atoms with Crippen LogP contribution in [-0.4, -0.2) is 59.9 Å². The third kappa shape index (κ3) is 4.78. The van der Waals surface area contributed by atoms with Crippen molar-refractivity contribution in [3.05, 3.63) is 36.7 Å². The second-order valence-corrected chi connectivity index (χ2v) is 8.98. The molecular formula is C19H23N3O5S. The number of aromatic nitrogens is 2. The number of likely N-dealkylation sites (tertiary alicyclic amines) is 1. The topological polar surface area (TPSA) is 110 Å². The van der Waals surface area contributed by atoms with Crippen LogP contribution in [0, 0.1) is 5.92 Å². The Balaban J connectivity index is 1.61. The zero-order valence-corrected chi connectivity index (χ0v) is 16.6. The van der Waals surface area contributed by atoms with Gasteiger partial charge >= 0.3 is 6.09 Å². The predicted molar refractivity (Wildman–Crippen MR) is 103 cm³/mol. The van der Waals surface area contributed by atoms with Crippen LogP contribution in [0.25, 0.3) is 11.3 Å². The molecule has 0 bridgehead atoms. The molecule has 1 fully saturated rings. The summed E-state index contributed by atoms with van der Waals surface area (Å²) < 4.78 is 29.0. The Labute approximate surface area is 164 Å². The maximum atomic E-state index is 11.5. The number of piperidine rings is 1. The van der Waals surface area contributed by atoms with Gasteiger partial charge in [0, 0.05) is 24.9 Å². The number of hydrogen-bond donors (Lipinski definition) is 1. The Morgan fingerprint density at radius 2 is 1.82 bits per heavy atom. The van der Waals surface area contributed by atoms with E-state index in [0.29, 0.717) is 24.7 Å². The van der Waals surface area contributed by atoms with Crippen LogP contribution in [-0.2, 0) is 9.84 Å². The molecule has 1 aliphatic rings. The van der Waals surface area contributed by atoms with Gasteiger partial charge in [0.05, 0.1) is 23.0 Å². The summed E-state index contributed by atoms with van der Waals surface area (Å²) in [5.74, 6) is 0.672. The highest BCUT2D eigenvalue weighted by Gasteiger charge is 2.27. The van der Waals surface area contributed by atoms with Gasteiger partial charge in [-0.15, -0.1) is 0 Å². The number of carbonyl (C=O) groups is 1. The first-order chi connectivity index (χ1) is 13.2. The smallest absolute Gasteiger partial charge is 0.407 e. The third-order valence-electron chi connectivity index (χ3n) is 4.99. The highest BCUT2D eigenvalue weighted by Crippen LogP contribution is 2.25. The van der Waals surface area contributed by atoms with Crippen LogP contribution in [0.3, 0.4) is 0 Å². The van der Waals surface area contributed by atoms with Gasteiger partial charge in [0.25, 0.3) is 0 Å². The maximum absolute atomic E-state index is 11.5. The fourth-order valence-electron chi connectivity index (χ4n) is 3.25. The number of benzene rings is 1. The molecule has 1 aromatic carbocycles. The van der Waals surface area contributed by atoms with Crippen LogP contribution in [0.2, 0.25) is 0 Å². The van der Waals surface area contributed by atoms with Gasteiger partial charge in [-0.25, -0.2) is 23.2 Å². The molecule has 0 radical (unpaired) electrons. The molecule has 0 unspecified atom stereocenters. The minimum absolute atomic E-state index is 0.0925. The van der Waals surface area contributed by atoms with E-state index >= 15 is 0 Å². The summed E-state index contributed by atoms with van der Waals surface area (Å²) >= 11 is 0. The fourth-order valence-corrected chi connectivity index (χ4v) is 3.88. The Morgan fingerprint density at radius 3 is 2.32 bits per heavy atom. The fraction of sp³-hybridized carbons (Fsp3) is 0.421. The van der Waals surface area contributed by atoms with Crippen molar-refractivity contribution in [2.45, 2.75) is 30.8 Å². The van der Waals surface area contributed by atoms with Crippen LogP contribution >= 0.6 is 0 Å². The normalized spacial score (nSPS) is 16.6. The first kappa shape index (κ1) is 20.1. The molecule has 1 amide bonds. The zero-order chi connectivity index (χ0) is 20.3. The van der Waals surface area contributed by atoms with Crippen molar-refractivity contribution in [1.29, 1.82) is 0 Å². The molecule has 9 heteroatoms. The summed E-state index contributed by atoms with van der Waals surface area (Å²) in [6, 6.07) is 6.48. The number of carboxylic acid groups (broad SMARTS) is 1. The Kier molecular flexibility index (Phi) is 5.83. The largest absolute Gasteiger partial charge is 0.473 e. The van der Waals surface area contributed by atoms with E-state index in [1.165, 1.54) is 11.2 Å². The van der Waals surface area contributed by atoms with Gasteiger partial charge in [0.15, 0.2) is 9.84 Å². The molecule has 1 atom stereocenters. The number of hydrogen-bond acceptors (Lipinski definition) is 6. The Morgan fingerprint density at radius 1 is 1.18 bits per heavy atom. The van der Waals surface area contributed by atoms with E-state index in [0.717, 1.165) is 18.4 Å². The summed E-state index contributed by atoms with van der Waals surface area (Å²) in [6.45, 7) is 2.99. The van der Waals surface area contributed by atoms with Gasteiger partial charge in [-0.2, -0.15) is 0 Å². The molecule has 0 aliphatic carbocycles. The van der Waals surface area contributed by atoms with Gasteiger partial charge in [0.2, 0.25) is 5.88 Å². The number of sulfone groups is 1. The van der Waals surface area contributed by atoms with Crippen LogP contribution in [0.15, 0.2) is 41.6 Å². The quantitative estimate of drug-likeness (QED) is 0.814. The Bertz CT molecular complexity index is 921. The lowest BCUT2D eigenvalue weighted by atomic mass is 9.92. The van der Waals surface area contributed by atoms with E-state index in [2.05, 4.69) is 9.97 Å². The molecule has 3 rings (SSSR count). The molecule has 0 spiro atoms. The Hall–Kier alpha value is -2.68. The average molecular weight is 405 g/mol. The summed E-state index contributed by atoms with van der Waals surface area (Å²) in [7, 11) is -3.23. The first-order valence-corrected chi connectivity index (χ1v) is 10.9. The number of rotatable bonds is 5. The molecule has 2 heterocycles. The number of ether oxygens (including phenoxy) is 1. The molecule has 1 saturated heterocycles. The summed E-state index contributed by atoms with van der Waals surface area (Å²) in [4.78, 5) is 21.3. The molecule has 1 aromatic heterocycles. The van der Waals surface area contributed by atoms with Crippen molar-refractivity contribution in [3.63, 3.8) is 0 Å². The summed E-state index contributed by atoms with van der Waals surface area (Å²) in [6.07, 6.45) is 4.84. The summed E-state index contributed by atoms with van der Waals surface area (Å²) in [5, 5.41) is 9.02. The third-order valence-corrected chi connectivity index (χ3v) is 6.12. The van der Waals surface area contributed by atoms with Crippen molar-refractivity contribution < 1.29 is 23.1 Å². The van der Waals surface area contributed by atoms with Gasteiger partial charge in [-0.3, -0.25) is 0 Å². The summed E-state index contributed by atoms with van der Waals surface area (Å²) in [5.41, 5.74) is 1.38. The second kappa shape index (κ2) is 8.14. The molecule has 28 heavy (non-hydrogen) atoms. The molecular weight excluding hydrogens is 382 g/mol. The van der Waals surface area contributed by atoms with Gasteiger partial charge in [-0.1, -0.05) is 12.1 Å². The van der Waals surface area contributed by atoms with Crippen LogP contribution in [0.4, 0.5) is 4.79 Å². The van der Waals surface area contributed by atoms with Crippen molar-refractivity contribution >= 4 is 15.9 Å². The lowest BCUT2D eigenvalue weighted by Gasteiger charge is -2.33. The molecule has 8 nitrogen and oxygen atoms in total. The number of amides is 1. The standard InChI is InChI=1S/C19H23N3O5S/c1-13(14-7-9-22(10-8-14)19(23)24)27-18-12-20-17(11-21-18)15-3-5-16(6-4-15)28(2,25)26/h3-6,11-14H,7-10H2,1-2H3,(H,23,24)/t13-/m0/s1.